The first kappa shape index (κ1) is 17.8. The van der Waals surface area contributed by atoms with E-state index in [9.17, 15) is 14.4 Å². The Bertz CT molecular complexity index is 690. The van der Waals surface area contributed by atoms with E-state index in [2.05, 4.69) is 0 Å². The largest absolute Gasteiger partial charge is 0.342 e. The van der Waals surface area contributed by atoms with E-state index in [-0.39, 0.29) is 30.1 Å². The maximum atomic E-state index is 12.6. The van der Waals surface area contributed by atoms with Crippen molar-refractivity contribution in [1.29, 1.82) is 0 Å². The molecule has 0 spiro atoms. The van der Waals surface area contributed by atoms with Gasteiger partial charge in [0.05, 0.1) is 6.54 Å². The van der Waals surface area contributed by atoms with E-state index >= 15 is 0 Å². The zero-order valence-corrected chi connectivity index (χ0v) is 14.8. The van der Waals surface area contributed by atoms with Crippen LogP contribution in [0.2, 0.25) is 0 Å². The highest BCUT2D eigenvalue weighted by Gasteiger charge is 2.28. The van der Waals surface area contributed by atoms with Gasteiger partial charge in [-0.3, -0.25) is 14.4 Å². The van der Waals surface area contributed by atoms with Gasteiger partial charge in [-0.2, -0.15) is 0 Å². The third-order valence-electron chi connectivity index (χ3n) is 5.71. The van der Waals surface area contributed by atoms with E-state index in [1.807, 2.05) is 25.2 Å². The summed E-state index contributed by atoms with van der Waals surface area (Å²) in [5, 5.41) is 0. The molecule has 0 unspecified atom stereocenters. The summed E-state index contributed by atoms with van der Waals surface area (Å²) in [6.07, 6.45) is 5.29. The Kier molecular flexibility index (Phi) is 5.33. The average Bonchev–Trinajstić information content (AvgIpc) is 3.00. The standard InChI is InChI=1S/C20H26N2O3/c1-22(20(25)12-21)17-6-2-13(3-7-17)8-19(24)15-5-4-14-10-18(23)11-16(14)9-15/h4-5,9,13,17H,2-3,6-8,10-12,21H2,1H3. The van der Waals surface area contributed by atoms with Gasteiger partial charge in [0, 0.05) is 37.9 Å². The summed E-state index contributed by atoms with van der Waals surface area (Å²) >= 11 is 0. The number of nitrogens with zero attached hydrogens (tertiary/aromatic N) is 1. The zero-order valence-electron chi connectivity index (χ0n) is 14.8. The smallest absolute Gasteiger partial charge is 0.236 e. The molecule has 0 atom stereocenters. The van der Waals surface area contributed by atoms with Crippen molar-refractivity contribution in [1.82, 2.24) is 4.90 Å². The first-order valence-corrected chi connectivity index (χ1v) is 9.10. The van der Waals surface area contributed by atoms with E-state index in [1.54, 1.807) is 4.90 Å². The molecular formula is C20H26N2O3. The molecule has 3 rings (SSSR count). The lowest BCUT2D eigenvalue weighted by molar-refractivity contribution is -0.131. The van der Waals surface area contributed by atoms with E-state index < -0.39 is 0 Å². The number of hydrogen-bond donors (Lipinski definition) is 1. The topological polar surface area (TPSA) is 80.5 Å². The second-order valence-electron chi connectivity index (χ2n) is 7.39. The summed E-state index contributed by atoms with van der Waals surface area (Å²) in [7, 11) is 1.82. The zero-order chi connectivity index (χ0) is 18.0. The van der Waals surface area contributed by atoms with Crippen LogP contribution in [0.5, 0.6) is 0 Å². The molecule has 2 N–H and O–H groups in total. The number of benzene rings is 1. The van der Waals surface area contributed by atoms with E-state index in [4.69, 9.17) is 5.73 Å². The number of nitrogens with two attached hydrogens (primary N) is 1. The highest BCUT2D eigenvalue weighted by molar-refractivity contribution is 5.97. The minimum Gasteiger partial charge on any atom is -0.342 e. The van der Waals surface area contributed by atoms with Crippen LogP contribution in [0.4, 0.5) is 0 Å². The van der Waals surface area contributed by atoms with Crippen molar-refractivity contribution in [2.24, 2.45) is 11.7 Å². The third-order valence-corrected chi connectivity index (χ3v) is 5.71. The number of amides is 1. The van der Waals surface area contributed by atoms with E-state index in [1.165, 1.54) is 0 Å². The molecule has 1 amide bonds. The van der Waals surface area contributed by atoms with Crippen molar-refractivity contribution in [3.63, 3.8) is 0 Å². The van der Waals surface area contributed by atoms with Crippen molar-refractivity contribution >= 4 is 17.5 Å². The lowest BCUT2D eigenvalue weighted by Gasteiger charge is -2.34. The molecule has 0 aliphatic heterocycles. The monoisotopic (exact) mass is 342 g/mol. The molecule has 25 heavy (non-hydrogen) atoms. The fourth-order valence-electron chi connectivity index (χ4n) is 4.09. The summed E-state index contributed by atoms with van der Waals surface area (Å²) in [6.45, 7) is 0.0513. The van der Waals surface area contributed by atoms with Crippen LogP contribution >= 0.6 is 0 Å². The molecule has 134 valence electrons. The molecule has 1 aromatic carbocycles. The minimum atomic E-state index is -0.0211. The van der Waals surface area contributed by atoms with Crippen molar-refractivity contribution in [2.75, 3.05) is 13.6 Å². The molecule has 1 saturated carbocycles. The Balaban J connectivity index is 1.54. The highest BCUT2D eigenvalue weighted by atomic mass is 16.2. The van der Waals surface area contributed by atoms with Gasteiger partial charge in [0.2, 0.25) is 5.91 Å². The molecule has 1 aromatic rings. The van der Waals surface area contributed by atoms with Gasteiger partial charge in [0.15, 0.2) is 5.78 Å². The van der Waals surface area contributed by atoms with Gasteiger partial charge in [-0.25, -0.2) is 0 Å². The second kappa shape index (κ2) is 7.48. The van der Waals surface area contributed by atoms with Gasteiger partial charge in [-0.05, 0) is 48.8 Å². The Morgan fingerprint density at radius 2 is 1.80 bits per heavy atom. The number of fused-ring (bicyclic) bond motifs is 1. The fraction of sp³-hybridized carbons (Fsp3) is 0.550. The number of hydrogen-bond acceptors (Lipinski definition) is 4. The van der Waals surface area contributed by atoms with Crippen molar-refractivity contribution in [3.8, 4) is 0 Å². The summed E-state index contributed by atoms with van der Waals surface area (Å²) in [5.74, 6) is 0.748. The summed E-state index contributed by atoms with van der Waals surface area (Å²) in [6, 6.07) is 5.94. The van der Waals surface area contributed by atoms with Crippen molar-refractivity contribution < 1.29 is 14.4 Å². The lowest BCUT2D eigenvalue weighted by atomic mass is 9.81. The molecule has 0 heterocycles. The van der Waals surface area contributed by atoms with E-state index in [0.29, 0.717) is 25.2 Å². The normalized spacial score (nSPS) is 22.6. The lowest BCUT2D eigenvalue weighted by Crippen LogP contribution is -2.42. The first-order chi connectivity index (χ1) is 12.0. The van der Waals surface area contributed by atoms with Crippen LogP contribution in [0.3, 0.4) is 0 Å². The molecular weight excluding hydrogens is 316 g/mol. The molecule has 1 fully saturated rings. The van der Waals surface area contributed by atoms with Crippen LogP contribution in [0.25, 0.3) is 0 Å². The van der Waals surface area contributed by atoms with Gasteiger partial charge < -0.3 is 10.6 Å². The van der Waals surface area contributed by atoms with Crippen LogP contribution in [-0.2, 0) is 22.4 Å². The average molecular weight is 342 g/mol. The number of likely N-dealkylation sites (N-methyl/N-ethyl adjacent to an activating group) is 1. The second-order valence-corrected chi connectivity index (χ2v) is 7.39. The Labute approximate surface area is 148 Å². The first-order valence-electron chi connectivity index (χ1n) is 9.10. The molecule has 0 radical (unpaired) electrons. The number of ketones is 2. The Morgan fingerprint density at radius 3 is 2.48 bits per heavy atom. The molecule has 2 aliphatic carbocycles. The molecule has 0 saturated heterocycles. The van der Waals surface area contributed by atoms with Crippen LogP contribution in [0.1, 0.15) is 53.6 Å². The quantitative estimate of drug-likeness (QED) is 0.829. The maximum absolute atomic E-state index is 12.6. The number of carbonyl (C=O) groups excluding carboxylic acids is 3. The van der Waals surface area contributed by atoms with Crippen LogP contribution in [0, 0.1) is 5.92 Å². The predicted molar refractivity (Wildman–Crippen MR) is 95.4 cm³/mol. The van der Waals surface area contributed by atoms with Crippen LogP contribution in [0.15, 0.2) is 18.2 Å². The predicted octanol–water partition coefficient (Wildman–Crippen LogP) is 1.90. The number of carbonyl (C=O) groups is 3. The van der Waals surface area contributed by atoms with E-state index in [0.717, 1.165) is 42.4 Å². The highest BCUT2D eigenvalue weighted by Crippen LogP contribution is 2.31. The molecule has 0 aromatic heterocycles. The maximum Gasteiger partial charge on any atom is 0.236 e. The minimum absolute atomic E-state index is 0.0211. The van der Waals surface area contributed by atoms with Crippen molar-refractivity contribution in [3.05, 3.63) is 34.9 Å². The SMILES string of the molecule is CN(C(=O)CN)C1CCC(CC(=O)c2ccc3c(c2)CC(=O)C3)CC1. The van der Waals surface area contributed by atoms with Gasteiger partial charge in [0.1, 0.15) is 5.78 Å². The van der Waals surface area contributed by atoms with Crippen molar-refractivity contribution in [2.45, 2.75) is 51.0 Å². The molecule has 0 bridgehead atoms. The number of rotatable bonds is 5. The molecule has 5 heteroatoms. The summed E-state index contributed by atoms with van der Waals surface area (Å²) in [4.78, 5) is 37.6. The van der Waals surface area contributed by atoms with Crippen LogP contribution in [-0.4, -0.2) is 42.0 Å². The number of Topliss-reactive ketones (excluding diaryl/α,β-unsaturated/α-hetero) is 2. The Morgan fingerprint density at radius 1 is 1.12 bits per heavy atom. The Hall–Kier alpha value is -2.01. The van der Waals surface area contributed by atoms with Crippen LogP contribution < -0.4 is 5.73 Å². The molecule has 2 aliphatic rings. The summed E-state index contributed by atoms with van der Waals surface area (Å²) in [5.41, 5.74) is 8.24. The summed E-state index contributed by atoms with van der Waals surface area (Å²) < 4.78 is 0. The van der Waals surface area contributed by atoms with Gasteiger partial charge in [0.25, 0.3) is 0 Å². The van der Waals surface area contributed by atoms with Gasteiger partial charge in [-0.1, -0.05) is 12.1 Å². The molecule has 5 nitrogen and oxygen atoms in total. The fourth-order valence-corrected chi connectivity index (χ4v) is 4.09. The van der Waals surface area contributed by atoms with Gasteiger partial charge >= 0.3 is 0 Å². The van der Waals surface area contributed by atoms with Gasteiger partial charge in [-0.15, -0.1) is 0 Å². The third kappa shape index (κ3) is 3.98.